The minimum absolute atomic E-state index is 0.142. The molecule has 2 aliphatic carbocycles. The van der Waals surface area contributed by atoms with Crippen molar-refractivity contribution in [3.8, 4) is 0 Å². The first-order chi connectivity index (χ1) is 29.1. The summed E-state index contributed by atoms with van der Waals surface area (Å²) in [4.78, 5) is 24.5. The summed E-state index contributed by atoms with van der Waals surface area (Å²) < 4.78 is 27.7. The van der Waals surface area contributed by atoms with Crippen LogP contribution >= 0.6 is 0 Å². The quantitative estimate of drug-likeness (QED) is 0.0459. The van der Waals surface area contributed by atoms with Crippen molar-refractivity contribution < 1.29 is 33.3 Å². The van der Waals surface area contributed by atoms with Crippen LogP contribution in [0.3, 0.4) is 0 Å². The number of carbonyl (C=O) groups excluding carboxylic acids is 2. The van der Waals surface area contributed by atoms with Crippen molar-refractivity contribution in [2.75, 3.05) is 79.2 Å². The first kappa shape index (κ1) is 53.3. The van der Waals surface area contributed by atoms with Gasteiger partial charge in [0.25, 0.3) is 0 Å². The van der Waals surface area contributed by atoms with Gasteiger partial charge in [0.05, 0.1) is 66.1 Å². The molecule has 0 radical (unpaired) electrons. The van der Waals surface area contributed by atoms with Crippen LogP contribution in [0.1, 0.15) is 108 Å². The van der Waals surface area contributed by atoms with Crippen molar-refractivity contribution in [3.63, 3.8) is 0 Å². The summed E-state index contributed by atoms with van der Waals surface area (Å²) >= 11 is 0. The van der Waals surface area contributed by atoms with Gasteiger partial charge in [0, 0.05) is 25.2 Å². The van der Waals surface area contributed by atoms with E-state index in [1.165, 1.54) is 72.0 Å². The van der Waals surface area contributed by atoms with E-state index in [1.807, 2.05) is 38.2 Å². The van der Waals surface area contributed by atoms with Gasteiger partial charge < -0.3 is 34.3 Å². The van der Waals surface area contributed by atoms with Crippen LogP contribution in [-0.2, 0) is 33.3 Å². The maximum Gasteiger partial charge on any atom is 0.244 e. The van der Waals surface area contributed by atoms with E-state index in [-0.39, 0.29) is 22.6 Å². The highest BCUT2D eigenvalue weighted by Gasteiger charge is 2.27. The molecule has 0 aromatic carbocycles. The van der Waals surface area contributed by atoms with Crippen molar-refractivity contribution in [1.82, 2.24) is 10.6 Å². The fourth-order valence-electron chi connectivity index (χ4n) is 7.35. The molecule has 0 unspecified atom stereocenters. The molecule has 0 bridgehead atoms. The SMILES string of the molecule is CC1=C(/C=C/C(C)=C/C=C/C(C)=C/C(=O)NCCOCCOCCOCCOCCOCCNC(=O)/C=C(C)/C=C/C=C(C)/C=C/C2=C(C)CCCC2(C)C)C(C)(C)CCC1. The van der Waals surface area contributed by atoms with Crippen LogP contribution in [0.4, 0.5) is 0 Å². The fraction of sp³-hybridized carbons (Fsp3) is 0.577. The molecular weight excluding hydrogens is 765 g/mol. The van der Waals surface area contributed by atoms with E-state index in [2.05, 4.69) is 102 Å². The van der Waals surface area contributed by atoms with Gasteiger partial charge in [0.1, 0.15) is 0 Å². The smallest absolute Gasteiger partial charge is 0.244 e. The molecule has 2 N–H and O–H groups in total. The van der Waals surface area contributed by atoms with Crippen molar-refractivity contribution in [2.45, 2.75) is 108 Å². The van der Waals surface area contributed by atoms with Gasteiger partial charge in [-0.05, 0) is 113 Å². The normalized spacial score (nSPS) is 18.1. The van der Waals surface area contributed by atoms with Crippen LogP contribution in [0.15, 0.2) is 117 Å². The predicted molar refractivity (Wildman–Crippen MR) is 252 cm³/mol. The monoisotopic (exact) mass is 845 g/mol. The highest BCUT2D eigenvalue weighted by atomic mass is 16.6. The second-order valence-corrected chi connectivity index (χ2v) is 17.5. The third-order valence-corrected chi connectivity index (χ3v) is 10.8. The van der Waals surface area contributed by atoms with Gasteiger partial charge in [-0.1, -0.05) is 111 Å². The first-order valence-corrected chi connectivity index (χ1v) is 22.4. The van der Waals surface area contributed by atoms with Gasteiger partial charge in [-0.25, -0.2) is 0 Å². The number of carbonyl (C=O) groups is 2. The van der Waals surface area contributed by atoms with E-state index in [1.54, 1.807) is 12.2 Å². The molecule has 2 rings (SSSR count). The van der Waals surface area contributed by atoms with Crippen molar-refractivity contribution in [3.05, 3.63) is 117 Å². The number of nitrogens with one attached hydrogen (secondary N) is 2. The lowest BCUT2D eigenvalue weighted by atomic mass is 9.72. The van der Waals surface area contributed by atoms with Crippen LogP contribution in [0.25, 0.3) is 0 Å². The number of hydrogen-bond acceptors (Lipinski definition) is 7. The maximum atomic E-state index is 12.2. The third-order valence-electron chi connectivity index (χ3n) is 10.8. The van der Waals surface area contributed by atoms with Gasteiger partial charge in [0.15, 0.2) is 0 Å². The summed E-state index contributed by atoms with van der Waals surface area (Å²) in [6.07, 6.45) is 31.4. The Bertz CT molecular complexity index is 1560. The molecule has 0 fully saturated rings. The van der Waals surface area contributed by atoms with E-state index in [0.717, 1.165) is 11.1 Å². The second kappa shape index (κ2) is 30.2. The summed E-state index contributed by atoms with van der Waals surface area (Å²) in [6.45, 7) is 27.1. The maximum absolute atomic E-state index is 12.2. The highest BCUT2D eigenvalue weighted by molar-refractivity contribution is 5.89. The Labute approximate surface area is 369 Å². The number of ether oxygens (including phenoxy) is 5. The summed E-state index contributed by atoms with van der Waals surface area (Å²) in [5, 5.41) is 5.70. The van der Waals surface area contributed by atoms with Gasteiger partial charge in [-0.2, -0.15) is 0 Å². The lowest BCUT2D eigenvalue weighted by molar-refractivity contribution is -0.117. The first-order valence-electron chi connectivity index (χ1n) is 22.4. The molecule has 2 amide bonds. The minimum atomic E-state index is -0.142. The van der Waals surface area contributed by atoms with Gasteiger partial charge >= 0.3 is 0 Å². The van der Waals surface area contributed by atoms with E-state index < -0.39 is 0 Å². The van der Waals surface area contributed by atoms with Crippen LogP contribution in [-0.4, -0.2) is 91.0 Å². The molecule has 0 saturated carbocycles. The summed E-state index contributed by atoms with van der Waals surface area (Å²) in [7, 11) is 0. The molecule has 0 aromatic heterocycles. The predicted octanol–water partition coefficient (Wildman–Crippen LogP) is 10.4. The Morgan fingerprint density at radius 3 is 1.16 bits per heavy atom. The van der Waals surface area contributed by atoms with E-state index in [0.29, 0.717) is 79.2 Å². The Morgan fingerprint density at radius 1 is 0.508 bits per heavy atom. The van der Waals surface area contributed by atoms with Crippen molar-refractivity contribution in [1.29, 1.82) is 0 Å². The molecule has 9 nitrogen and oxygen atoms in total. The Hall–Kier alpha value is -3.86. The second-order valence-electron chi connectivity index (χ2n) is 17.5. The number of hydrogen-bond donors (Lipinski definition) is 2. The van der Waals surface area contributed by atoms with Crippen molar-refractivity contribution in [2.24, 2.45) is 10.8 Å². The molecule has 340 valence electrons. The Morgan fingerprint density at radius 2 is 0.836 bits per heavy atom. The molecule has 61 heavy (non-hydrogen) atoms. The average Bonchev–Trinajstić information content (AvgIpc) is 3.17. The summed E-state index contributed by atoms with van der Waals surface area (Å²) in [5.74, 6) is -0.284. The van der Waals surface area contributed by atoms with Crippen LogP contribution in [0, 0.1) is 10.8 Å². The molecular formula is C52H80N2O7. The molecule has 0 aromatic rings. The Kier molecular flexibility index (Phi) is 26.4. The van der Waals surface area contributed by atoms with Gasteiger partial charge in [0.2, 0.25) is 11.8 Å². The highest BCUT2D eigenvalue weighted by Crippen LogP contribution is 2.41. The molecule has 0 aliphatic heterocycles. The summed E-state index contributed by atoms with van der Waals surface area (Å²) in [5.41, 5.74) is 10.5. The Balaban J connectivity index is 1.40. The van der Waals surface area contributed by atoms with E-state index in [9.17, 15) is 9.59 Å². The fourth-order valence-corrected chi connectivity index (χ4v) is 7.35. The number of amides is 2. The molecule has 0 spiro atoms. The zero-order valence-electron chi connectivity index (χ0n) is 39.5. The van der Waals surface area contributed by atoms with Gasteiger partial charge in [-0.3, -0.25) is 9.59 Å². The lowest BCUT2D eigenvalue weighted by Crippen LogP contribution is -2.26. The van der Waals surface area contributed by atoms with Crippen LogP contribution in [0.2, 0.25) is 0 Å². The minimum Gasteiger partial charge on any atom is -0.377 e. The molecule has 9 heteroatoms. The van der Waals surface area contributed by atoms with Crippen molar-refractivity contribution >= 4 is 11.8 Å². The van der Waals surface area contributed by atoms with E-state index in [4.69, 9.17) is 23.7 Å². The van der Waals surface area contributed by atoms with Gasteiger partial charge in [-0.15, -0.1) is 0 Å². The largest absolute Gasteiger partial charge is 0.377 e. The molecule has 0 saturated heterocycles. The van der Waals surface area contributed by atoms with E-state index >= 15 is 0 Å². The topological polar surface area (TPSA) is 104 Å². The van der Waals surface area contributed by atoms with Crippen LogP contribution in [0.5, 0.6) is 0 Å². The number of rotatable bonds is 28. The number of allylic oxidation sites excluding steroid dienone is 18. The average molecular weight is 845 g/mol. The molecule has 0 heterocycles. The molecule has 2 aliphatic rings. The molecule has 0 atom stereocenters. The third kappa shape index (κ3) is 24.4. The zero-order chi connectivity index (χ0) is 44.9. The standard InChI is InChI=1S/C52H80N2O7/c1-41(21-23-47-45(5)19-13-25-51(47,7)8)15-11-17-43(3)39-49(55)53-27-29-57-31-33-59-35-37-61-38-36-60-34-32-58-30-28-54-50(56)40-44(4)18-12-16-42(2)22-24-48-46(6)20-14-26-52(48,9)10/h11-12,15-18,21-24,39-40H,13-14,19-20,25-38H2,1-10H3,(H,53,55)(H,54,56)/b17-11+,18-12+,23-21+,24-22+,41-15+,42-16+,43-39+,44-40+. The summed E-state index contributed by atoms with van der Waals surface area (Å²) in [6, 6.07) is 0. The zero-order valence-corrected chi connectivity index (χ0v) is 39.5. The van der Waals surface area contributed by atoms with Crippen LogP contribution < -0.4 is 10.6 Å². The lowest BCUT2D eigenvalue weighted by Gasteiger charge is -2.33.